The van der Waals surface area contributed by atoms with Crippen molar-refractivity contribution in [2.45, 2.75) is 52.3 Å². The first-order chi connectivity index (χ1) is 12.0. The molecule has 0 spiro atoms. The molecule has 1 fully saturated rings. The molecule has 1 saturated heterocycles. The molecule has 2 unspecified atom stereocenters. The number of piperazine rings is 1. The maximum Gasteiger partial charge on any atom is 0.161 e. The van der Waals surface area contributed by atoms with Crippen LogP contribution < -0.4 is 9.47 Å². The molecule has 0 amide bonds. The molecular formula is C20H31N3O2. The molecule has 5 nitrogen and oxygen atoms in total. The van der Waals surface area contributed by atoms with Crippen molar-refractivity contribution >= 4 is 0 Å². The molecule has 25 heavy (non-hydrogen) atoms. The third-order valence-electron chi connectivity index (χ3n) is 4.60. The van der Waals surface area contributed by atoms with Gasteiger partial charge in [0.2, 0.25) is 0 Å². The summed E-state index contributed by atoms with van der Waals surface area (Å²) in [6.45, 7) is 11.6. The molecule has 0 bridgehead atoms. The fraction of sp³-hybridized carbons (Fsp3) is 0.650. The Labute approximate surface area is 152 Å². The SMILES string of the molecule is CCOc1cc(C(C#N)N2CCN(C)CC2CC)ccc1OC(C)C. The van der Waals surface area contributed by atoms with Crippen LogP contribution in [0.4, 0.5) is 0 Å². The van der Waals surface area contributed by atoms with Gasteiger partial charge >= 0.3 is 0 Å². The smallest absolute Gasteiger partial charge is 0.161 e. The zero-order chi connectivity index (χ0) is 18.4. The fourth-order valence-electron chi connectivity index (χ4n) is 3.38. The lowest BCUT2D eigenvalue weighted by molar-refractivity contribution is 0.0674. The maximum absolute atomic E-state index is 9.87. The molecule has 0 aliphatic carbocycles. The van der Waals surface area contributed by atoms with Crippen LogP contribution in [0, 0.1) is 11.3 Å². The second kappa shape index (κ2) is 9.07. The minimum absolute atomic E-state index is 0.0823. The van der Waals surface area contributed by atoms with Gasteiger partial charge in [0, 0.05) is 25.7 Å². The summed E-state index contributed by atoms with van der Waals surface area (Å²) in [6.07, 6.45) is 1.12. The highest BCUT2D eigenvalue weighted by Crippen LogP contribution is 2.34. The van der Waals surface area contributed by atoms with Crippen LogP contribution in [0.1, 0.15) is 45.7 Å². The van der Waals surface area contributed by atoms with E-state index in [1.54, 1.807) is 0 Å². The zero-order valence-corrected chi connectivity index (χ0v) is 16.2. The van der Waals surface area contributed by atoms with Gasteiger partial charge in [0.1, 0.15) is 6.04 Å². The van der Waals surface area contributed by atoms with E-state index < -0.39 is 0 Å². The van der Waals surface area contributed by atoms with E-state index in [4.69, 9.17) is 9.47 Å². The van der Waals surface area contributed by atoms with Crippen molar-refractivity contribution in [2.75, 3.05) is 33.3 Å². The van der Waals surface area contributed by atoms with Crippen molar-refractivity contribution in [3.05, 3.63) is 23.8 Å². The van der Waals surface area contributed by atoms with E-state index >= 15 is 0 Å². The Morgan fingerprint density at radius 1 is 1.24 bits per heavy atom. The van der Waals surface area contributed by atoms with Crippen molar-refractivity contribution in [1.82, 2.24) is 9.80 Å². The van der Waals surface area contributed by atoms with Crippen molar-refractivity contribution in [1.29, 1.82) is 5.26 Å². The van der Waals surface area contributed by atoms with Crippen LogP contribution in [0.15, 0.2) is 18.2 Å². The highest BCUT2D eigenvalue weighted by atomic mass is 16.5. The predicted octanol–water partition coefficient (Wildman–Crippen LogP) is 3.46. The highest BCUT2D eigenvalue weighted by molar-refractivity contribution is 5.45. The van der Waals surface area contributed by atoms with Gasteiger partial charge in [0.25, 0.3) is 0 Å². The lowest BCUT2D eigenvalue weighted by Crippen LogP contribution is -2.52. The van der Waals surface area contributed by atoms with Crippen LogP contribution in [0.3, 0.4) is 0 Å². The van der Waals surface area contributed by atoms with Gasteiger partial charge in [0.05, 0.1) is 18.8 Å². The molecule has 1 aromatic rings. The number of benzene rings is 1. The number of likely N-dealkylation sites (N-methyl/N-ethyl adjacent to an activating group) is 1. The van der Waals surface area contributed by atoms with Gasteiger partial charge in [-0.3, -0.25) is 4.90 Å². The van der Waals surface area contributed by atoms with E-state index in [1.807, 2.05) is 39.0 Å². The van der Waals surface area contributed by atoms with Crippen LogP contribution in [0.5, 0.6) is 11.5 Å². The highest BCUT2D eigenvalue weighted by Gasteiger charge is 2.31. The van der Waals surface area contributed by atoms with Gasteiger partial charge in [-0.25, -0.2) is 0 Å². The fourth-order valence-corrected chi connectivity index (χ4v) is 3.38. The van der Waals surface area contributed by atoms with Gasteiger partial charge in [-0.2, -0.15) is 5.26 Å². The van der Waals surface area contributed by atoms with Crippen LogP contribution in [0.2, 0.25) is 0 Å². The van der Waals surface area contributed by atoms with Crippen molar-refractivity contribution in [3.8, 4) is 17.6 Å². The normalized spacial score (nSPS) is 20.3. The molecule has 2 rings (SSSR count). The Hall–Kier alpha value is -1.77. The number of ether oxygens (including phenoxy) is 2. The molecule has 5 heteroatoms. The molecule has 0 saturated carbocycles. The van der Waals surface area contributed by atoms with Gasteiger partial charge in [-0.1, -0.05) is 13.0 Å². The Balaban J connectivity index is 2.30. The van der Waals surface area contributed by atoms with Gasteiger partial charge < -0.3 is 14.4 Å². The van der Waals surface area contributed by atoms with E-state index in [0.717, 1.165) is 43.1 Å². The predicted molar refractivity (Wildman–Crippen MR) is 100 cm³/mol. The summed E-state index contributed by atoms with van der Waals surface area (Å²) in [5.74, 6) is 1.46. The van der Waals surface area contributed by atoms with Crippen LogP contribution in [0.25, 0.3) is 0 Å². The molecule has 1 aliphatic rings. The number of hydrogen-bond donors (Lipinski definition) is 0. The number of hydrogen-bond acceptors (Lipinski definition) is 5. The minimum atomic E-state index is -0.258. The first-order valence-corrected chi connectivity index (χ1v) is 9.27. The molecular weight excluding hydrogens is 314 g/mol. The maximum atomic E-state index is 9.87. The van der Waals surface area contributed by atoms with Gasteiger partial charge in [-0.15, -0.1) is 0 Å². The number of rotatable bonds is 7. The van der Waals surface area contributed by atoms with E-state index in [2.05, 4.69) is 29.8 Å². The van der Waals surface area contributed by atoms with Crippen molar-refractivity contribution in [2.24, 2.45) is 0 Å². The second-order valence-electron chi connectivity index (χ2n) is 6.90. The summed E-state index contributed by atoms with van der Waals surface area (Å²) in [5.41, 5.74) is 0.977. The van der Waals surface area contributed by atoms with E-state index in [9.17, 15) is 5.26 Å². The molecule has 1 heterocycles. The van der Waals surface area contributed by atoms with Crippen LogP contribution >= 0.6 is 0 Å². The average Bonchev–Trinajstić information content (AvgIpc) is 2.58. The van der Waals surface area contributed by atoms with E-state index in [1.165, 1.54) is 0 Å². The van der Waals surface area contributed by atoms with Crippen molar-refractivity contribution < 1.29 is 9.47 Å². The molecule has 1 aromatic carbocycles. The average molecular weight is 345 g/mol. The van der Waals surface area contributed by atoms with E-state index in [-0.39, 0.29) is 12.1 Å². The Bertz CT molecular complexity index is 597. The zero-order valence-electron chi connectivity index (χ0n) is 16.2. The third-order valence-corrected chi connectivity index (χ3v) is 4.60. The summed E-state index contributed by atoms with van der Waals surface area (Å²) in [7, 11) is 2.15. The minimum Gasteiger partial charge on any atom is -0.490 e. The summed E-state index contributed by atoms with van der Waals surface area (Å²) in [4.78, 5) is 4.67. The van der Waals surface area contributed by atoms with E-state index in [0.29, 0.717) is 12.6 Å². The third kappa shape index (κ3) is 4.87. The molecule has 0 radical (unpaired) electrons. The topological polar surface area (TPSA) is 48.7 Å². The Morgan fingerprint density at radius 3 is 2.60 bits per heavy atom. The number of nitriles is 1. The van der Waals surface area contributed by atoms with Crippen LogP contribution in [-0.2, 0) is 0 Å². The molecule has 2 atom stereocenters. The first-order valence-electron chi connectivity index (χ1n) is 9.27. The Kier molecular flexibility index (Phi) is 7.10. The Morgan fingerprint density at radius 2 is 2.00 bits per heavy atom. The quantitative estimate of drug-likeness (QED) is 0.757. The van der Waals surface area contributed by atoms with Crippen molar-refractivity contribution in [3.63, 3.8) is 0 Å². The van der Waals surface area contributed by atoms with Gasteiger partial charge in [0.15, 0.2) is 11.5 Å². The lowest BCUT2D eigenvalue weighted by atomic mass is 10.0. The van der Waals surface area contributed by atoms with Crippen LogP contribution in [-0.4, -0.2) is 55.2 Å². The first kappa shape index (κ1) is 19.6. The summed E-state index contributed by atoms with van der Waals surface area (Å²) in [6, 6.07) is 8.55. The monoisotopic (exact) mass is 345 g/mol. The summed E-state index contributed by atoms with van der Waals surface area (Å²) in [5, 5.41) is 9.87. The van der Waals surface area contributed by atoms with Gasteiger partial charge in [-0.05, 0) is 51.9 Å². The number of nitrogens with zero attached hydrogens (tertiary/aromatic N) is 3. The largest absolute Gasteiger partial charge is 0.490 e. The second-order valence-corrected chi connectivity index (χ2v) is 6.90. The lowest BCUT2D eigenvalue weighted by Gasteiger charge is -2.42. The molecule has 0 aromatic heterocycles. The molecule has 0 N–H and O–H groups in total. The molecule has 138 valence electrons. The summed E-state index contributed by atoms with van der Waals surface area (Å²) >= 11 is 0. The molecule has 1 aliphatic heterocycles. The standard InChI is InChI=1S/C20H31N3O2/c1-6-17-14-22(5)10-11-23(17)18(13-21)16-8-9-19(25-15(3)4)20(12-16)24-7-2/h8-9,12,15,17-18H,6-7,10-11,14H2,1-5H3. The summed E-state index contributed by atoms with van der Waals surface area (Å²) < 4.78 is 11.6.